The van der Waals surface area contributed by atoms with Crippen LogP contribution < -0.4 is 5.32 Å². The van der Waals surface area contributed by atoms with Gasteiger partial charge in [0.05, 0.1) is 11.7 Å². The number of amides is 1. The molecule has 1 amide bonds. The van der Waals surface area contributed by atoms with Gasteiger partial charge in [-0.25, -0.2) is 4.68 Å². The first-order chi connectivity index (χ1) is 10.1. The van der Waals surface area contributed by atoms with Gasteiger partial charge in [-0.2, -0.15) is 0 Å². The fourth-order valence-corrected chi connectivity index (χ4v) is 2.41. The summed E-state index contributed by atoms with van der Waals surface area (Å²) in [5.41, 5.74) is 2.06. The lowest BCUT2D eigenvalue weighted by Gasteiger charge is -2.19. The smallest absolute Gasteiger partial charge is 0.242 e. The van der Waals surface area contributed by atoms with Gasteiger partial charge in [0.1, 0.15) is 12.4 Å². The van der Waals surface area contributed by atoms with Crippen LogP contribution in [0.2, 0.25) is 0 Å². The van der Waals surface area contributed by atoms with Gasteiger partial charge in [0.25, 0.3) is 0 Å². The van der Waals surface area contributed by atoms with E-state index >= 15 is 0 Å². The molecule has 1 aliphatic rings. The first-order valence-electron chi connectivity index (χ1n) is 7.09. The zero-order chi connectivity index (χ0) is 14.8. The van der Waals surface area contributed by atoms with Gasteiger partial charge < -0.3 is 5.32 Å². The summed E-state index contributed by atoms with van der Waals surface area (Å²) in [6.45, 7) is 3.93. The number of rotatable bonds is 5. The molecule has 0 saturated heterocycles. The third-order valence-corrected chi connectivity index (χ3v) is 3.76. The van der Waals surface area contributed by atoms with E-state index in [9.17, 15) is 4.79 Å². The fourth-order valence-electron chi connectivity index (χ4n) is 2.41. The maximum Gasteiger partial charge on any atom is 0.242 e. The standard InChI is InChI=1S/C14H18N6O/c1-9-4-3-7-15-13(9)14(11-5-6-11)16-12(21)8-20-10(2)17-18-19-20/h3-4,7,11,14H,5-6,8H2,1-2H3,(H,16,21)/t14-/m0/s1. The van der Waals surface area contributed by atoms with Gasteiger partial charge in [-0.15, -0.1) is 5.10 Å². The molecule has 7 heteroatoms. The van der Waals surface area contributed by atoms with Crippen molar-refractivity contribution in [3.8, 4) is 0 Å². The van der Waals surface area contributed by atoms with Crippen molar-refractivity contribution in [3.05, 3.63) is 35.4 Å². The van der Waals surface area contributed by atoms with E-state index < -0.39 is 0 Å². The average molecular weight is 286 g/mol. The summed E-state index contributed by atoms with van der Waals surface area (Å²) in [6, 6.07) is 3.92. The van der Waals surface area contributed by atoms with Crippen molar-refractivity contribution in [1.82, 2.24) is 30.5 Å². The summed E-state index contributed by atoms with van der Waals surface area (Å²) in [7, 11) is 0. The van der Waals surface area contributed by atoms with E-state index in [2.05, 4.69) is 25.8 Å². The van der Waals surface area contributed by atoms with E-state index in [1.165, 1.54) is 4.68 Å². The Morgan fingerprint density at radius 3 is 2.90 bits per heavy atom. The van der Waals surface area contributed by atoms with E-state index in [0.717, 1.165) is 24.1 Å². The fraction of sp³-hybridized carbons (Fsp3) is 0.500. The molecule has 1 N–H and O–H groups in total. The summed E-state index contributed by atoms with van der Waals surface area (Å²) in [4.78, 5) is 16.7. The van der Waals surface area contributed by atoms with Crippen molar-refractivity contribution in [2.45, 2.75) is 39.3 Å². The molecular weight excluding hydrogens is 268 g/mol. The maximum absolute atomic E-state index is 12.2. The monoisotopic (exact) mass is 286 g/mol. The molecule has 1 aliphatic carbocycles. The van der Waals surface area contributed by atoms with E-state index in [0.29, 0.717) is 11.7 Å². The molecule has 110 valence electrons. The molecule has 0 aliphatic heterocycles. The number of hydrogen-bond donors (Lipinski definition) is 1. The van der Waals surface area contributed by atoms with Gasteiger partial charge in [0, 0.05) is 6.20 Å². The minimum atomic E-state index is -0.0904. The highest BCUT2D eigenvalue weighted by molar-refractivity contribution is 5.76. The number of tetrazole rings is 1. The van der Waals surface area contributed by atoms with Crippen molar-refractivity contribution in [3.63, 3.8) is 0 Å². The summed E-state index contributed by atoms with van der Waals surface area (Å²) in [5, 5.41) is 14.2. The second-order valence-corrected chi connectivity index (χ2v) is 5.47. The van der Waals surface area contributed by atoms with Crippen LogP contribution in [0.4, 0.5) is 0 Å². The number of nitrogens with one attached hydrogen (secondary N) is 1. The summed E-state index contributed by atoms with van der Waals surface area (Å²) in [6.07, 6.45) is 4.03. The Labute approximate surface area is 122 Å². The zero-order valence-electron chi connectivity index (χ0n) is 12.2. The first kappa shape index (κ1) is 13.7. The van der Waals surface area contributed by atoms with Crippen LogP contribution in [-0.2, 0) is 11.3 Å². The molecule has 2 aromatic heterocycles. The van der Waals surface area contributed by atoms with Crippen LogP contribution >= 0.6 is 0 Å². The normalized spacial score (nSPS) is 15.7. The SMILES string of the molecule is Cc1cccnc1[C@@H](NC(=O)Cn1nnnc1C)C1CC1. The zero-order valence-corrected chi connectivity index (χ0v) is 12.2. The van der Waals surface area contributed by atoms with E-state index in [1.54, 1.807) is 13.1 Å². The molecule has 0 spiro atoms. The second-order valence-electron chi connectivity index (χ2n) is 5.47. The predicted octanol–water partition coefficient (Wildman–Crippen LogP) is 0.952. The molecule has 2 aromatic rings. The largest absolute Gasteiger partial charge is 0.346 e. The van der Waals surface area contributed by atoms with Crippen LogP contribution in [-0.4, -0.2) is 31.1 Å². The van der Waals surface area contributed by atoms with E-state index in [1.807, 2.05) is 19.1 Å². The highest BCUT2D eigenvalue weighted by Gasteiger charge is 2.35. The highest BCUT2D eigenvalue weighted by Crippen LogP contribution is 2.41. The third kappa shape index (κ3) is 3.07. The lowest BCUT2D eigenvalue weighted by molar-refractivity contribution is -0.122. The van der Waals surface area contributed by atoms with Crippen LogP contribution in [0, 0.1) is 19.8 Å². The summed E-state index contributed by atoms with van der Waals surface area (Å²) >= 11 is 0. The Morgan fingerprint density at radius 2 is 2.29 bits per heavy atom. The Hall–Kier alpha value is -2.31. The third-order valence-electron chi connectivity index (χ3n) is 3.76. The molecule has 1 fully saturated rings. The lowest BCUT2D eigenvalue weighted by atomic mass is 10.0. The topological polar surface area (TPSA) is 85.6 Å². The van der Waals surface area contributed by atoms with Crippen LogP contribution in [0.15, 0.2) is 18.3 Å². The molecule has 1 atom stereocenters. The highest BCUT2D eigenvalue weighted by atomic mass is 16.2. The van der Waals surface area contributed by atoms with Crippen LogP contribution in [0.3, 0.4) is 0 Å². The van der Waals surface area contributed by atoms with Crippen molar-refractivity contribution in [1.29, 1.82) is 0 Å². The summed E-state index contributed by atoms with van der Waals surface area (Å²) < 4.78 is 1.49. The van der Waals surface area contributed by atoms with Crippen molar-refractivity contribution in [2.24, 2.45) is 5.92 Å². The number of aromatic nitrogens is 5. The molecule has 3 rings (SSSR count). The number of hydrogen-bond acceptors (Lipinski definition) is 5. The lowest BCUT2D eigenvalue weighted by Crippen LogP contribution is -2.34. The molecule has 7 nitrogen and oxygen atoms in total. The molecular formula is C14H18N6O. The molecule has 2 heterocycles. The van der Waals surface area contributed by atoms with Crippen LogP contribution in [0.1, 0.15) is 36.0 Å². The number of aryl methyl sites for hydroxylation is 2. The Balaban J connectivity index is 1.73. The van der Waals surface area contributed by atoms with Crippen molar-refractivity contribution in [2.75, 3.05) is 0 Å². The van der Waals surface area contributed by atoms with Crippen LogP contribution in [0.5, 0.6) is 0 Å². The van der Waals surface area contributed by atoms with Gasteiger partial charge in [0.15, 0.2) is 0 Å². The van der Waals surface area contributed by atoms with Crippen LogP contribution in [0.25, 0.3) is 0 Å². The van der Waals surface area contributed by atoms with E-state index in [4.69, 9.17) is 0 Å². The predicted molar refractivity (Wildman–Crippen MR) is 75.1 cm³/mol. The average Bonchev–Trinajstić information content (AvgIpc) is 3.22. The molecule has 0 unspecified atom stereocenters. The second kappa shape index (κ2) is 5.59. The van der Waals surface area contributed by atoms with Gasteiger partial charge in [-0.3, -0.25) is 9.78 Å². The minimum Gasteiger partial charge on any atom is -0.346 e. The number of pyridine rings is 1. The molecule has 0 radical (unpaired) electrons. The van der Waals surface area contributed by atoms with Gasteiger partial charge in [0.2, 0.25) is 5.91 Å². The Bertz CT molecular complexity index is 648. The van der Waals surface area contributed by atoms with Crippen molar-refractivity contribution >= 4 is 5.91 Å². The quantitative estimate of drug-likeness (QED) is 0.884. The number of nitrogens with zero attached hydrogens (tertiary/aromatic N) is 5. The van der Waals surface area contributed by atoms with Gasteiger partial charge >= 0.3 is 0 Å². The number of carbonyl (C=O) groups excluding carboxylic acids is 1. The molecule has 21 heavy (non-hydrogen) atoms. The van der Waals surface area contributed by atoms with Gasteiger partial charge in [-0.05, 0) is 54.7 Å². The number of carbonyl (C=O) groups is 1. The first-order valence-corrected chi connectivity index (χ1v) is 7.09. The van der Waals surface area contributed by atoms with Gasteiger partial charge in [-0.1, -0.05) is 6.07 Å². The molecule has 0 aromatic carbocycles. The Kier molecular flexibility index (Phi) is 3.64. The molecule has 0 bridgehead atoms. The van der Waals surface area contributed by atoms with E-state index in [-0.39, 0.29) is 18.5 Å². The minimum absolute atomic E-state index is 0.0181. The maximum atomic E-state index is 12.2. The Morgan fingerprint density at radius 1 is 1.48 bits per heavy atom. The molecule has 1 saturated carbocycles. The van der Waals surface area contributed by atoms with Crippen molar-refractivity contribution < 1.29 is 4.79 Å². The summed E-state index contributed by atoms with van der Waals surface area (Å²) in [5.74, 6) is 1.02.